The molecule has 5 heteroatoms. The molecule has 1 heterocycles. The van der Waals surface area contributed by atoms with Crippen LogP contribution in [0.15, 0.2) is 0 Å². The summed E-state index contributed by atoms with van der Waals surface area (Å²) in [4.78, 5) is 0. The molecule has 0 amide bonds. The first-order valence-electron chi connectivity index (χ1n) is 5.57. The van der Waals surface area contributed by atoms with Crippen LogP contribution in [-0.2, 0) is 6.54 Å². The van der Waals surface area contributed by atoms with Gasteiger partial charge in [0.1, 0.15) is 5.01 Å². The van der Waals surface area contributed by atoms with E-state index in [1.54, 1.807) is 0 Å². The molecule has 1 aromatic rings. The van der Waals surface area contributed by atoms with Gasteiger partial charge < -0.3 is 10.1 Å². The van der Waals surface area contributed by atoms with Crippen LogP contribution < -0.4 is 10.1 Å². The largest absolute Gasteiger partial charge is 0.469 e. The smallest absolute Gasteiger partial charge is 0.294 e. The number of rotatable bonds is 5. The van der Waals surface area contributed by atoms with Crippen LogP contribution >= 0.6 is 11.3 Å². The normalized spacial score (nSPS) is 12.1. The zero-order valence-corrected chi connectivity index (χ0v) is 11.5. The summed E-state index contributed by atoms with van der Waals surface area (Å²) in [5.74, 6) is 0.514. The maximum Gasteiger partial charge on any atom is 0.294 e. The van der Waals surface area contributed by atoms with Gasteiger partial charge in [-0.3, -0.25) is 0 Å². The lowest BCUT2D eigenvalue weighted by atomic mass is 10.1. The van der Waals surface area contributed by atoms with E-state index < -0.39 is 0 Å². The van der Waals surface area contributed by atoms with Crippen LogP contribution in [0.3, 0.4) is 0 Å². The first kappa shape index (κ1) is 13.4. The van der Waals surface area contributed by atoms with E-state index >= 15 is 0 Å². The van der Waals surface area contributed by atoms with Gasteiger partial charge in [-0.15, -0.1) is 10.2 Å². The lowest BCUT2D eigenvalue weighted by molar-refractivity contribution is 0.268. The Bertz CT molecular complexity index is 317. The van der Waals surface area contributed by atoms with Crippen LogP contribution in [0, 0.1) is 5.92 Å². The van der Waals surface area contributed by atoms with Gasteiger partial charge in [0.15, 0.2) is 0 Å². The summed E-state index contributed by atoms with van der Waals surface area (Å²) in [6.07, 6.45) is 0. The second-order valence-corrected chi connectivity index (χ2v) is 6.29. The fraction of sp³-hybridized carbons (Fsp3) is 0.818. The Labute approximate surface area is 101 Å². The molecule has 0 saturated carbocycles. The van der Waals surface area contributed by atoms with Gasteiger partial charge in [0.25, 0.3) is 5.19 Å². The number of hydrogen-bond donors (Lipinski definition) is 1. The summed E-state index contributed by atoms with van der Waals surface area (Å²) in [5, 5.41) is 13.1. The SMILES string of the molecule is CC(C)COc1nnc(CNC(C)(C)C)s1. The van der Waals surface area contributed by atoms with E-state index in [0.717, 1.165) is 11.6 Å². The van der Waals surface area contributed by atoms with Crippen LogP contribution in [0.5, 0.6) is 5.19 Å². The minimum absolute atomic E-state index is 0.102. The van der Waals surface area contributed by atoms with Crippen LogP contribution in [0.2, 0.25) is 0 Å². The standard InChI is InChI=1S/C11H21N3OS/c1-8(2)7-15-10-14-13-9(16-10)6-12-11(3,4)5/h8,12H,6-7H2,1-5H3. The van der Waals surface area contributed by atoms with Crippen LogP contribution in [-0.4, -0.2) is 22.3 Å². The van der Waals surface area contributed by atoms with Gasteiger partial charge in [-0.2, -0.15) is 0 Å². The third-order valence-electron chi connectivity index (χ3n) is 1.76. The Morgan fingerprint density at radius 3 is 2.56 bits per heavy atom. The van der Waals surface area contributed by atoms with Crippen molar-refractivity contribution >= 4 is 11.3 Å². The molecule has 0 atom stereocenters. The fourth-order valence-corrected chi connectivity index (χ4v) is 1.58. The Morgan fingerprint density at radius 2 is 2.00 bits per heavy atom. The van der Waals surface area contributed by atoms with Gasteiger partial charge >= 0.3 is 0 Å². The molecule has 92 valence electrons. The summed E-state index contributed by atoms with van der Waals surface area (Å²) in [6, 6.07) is 0. The lowest BCUT2D eigenvalue weighted by Gasteiger charge is -2.19. The second-order valence-electron chi connectivity index (χ2n) is 5.27. The summed E-state index contributed by atoms with van der Waals surface area (Å²) in [6.45, 7) is 12.1. The lowest BCUT2D eigenvalue weighted by Crippen LogP contribution is -2.35. The number of aromatic nitrogens is 2. The van der Waals surface area contributed by atoms with Crippen molar-refractivity contribution in [1.82, 2.24) is 15.5 Å². The van der Waals surface area contributed by atoms with E-state index in [0.29, 0.717) is 17.7 Å². The van der Waals surface area contributed by atoms with Gasteiger partial charge in [-0.05, 0) is 26.7 Å². The first-order chi connectivity index (χ1) is 7.37. The summed E-state index contributed by atoms with van der Waals surface area (Å²) in [5.41, 5.74) is 0.102. The molecule has 0 aliphatic rings. The van der Waals surface area contributed by atoms with E-state index in [1.807, 2.05) is 0 Å². The Balaban J connectivity index is 2.39. The molecule has 0 radical (unpaired) electrons. The molecule has 0 aromatic carbocycles. The number of ether oxygens (including phenoxy) is 1. The topological polar surface area (TPSA) is 47.0 Å². The molecular formula is C11H21N3OS. The number of nitrogens with one attached hydrogen (secondary N) is 1. The van der Waals surface area contributed by atoms with Gasteiger partial charge in [0.05, 0.1) is 13.2 Å². The second kappa shape index (κ2) is 5.59. The van der Waals surface area contributed by atoms with Crippen molar-refractivity contribution in [3.05, 3.63) is 5.01 Å². The molecule has 0 saturated heterocycles. The van der Waals surface area contributed by atoms with E-state index in [9.17, 15) is 0 Å². The fourth-order valence-electron chi connectivity index (χ4n) is 0.947. The number of nitrogens with zero attached hydrogens (tertiary/aromatic N) is 2. The molecule has 16 heavy (non-hydrogen) atoms. The van der Waals surface area contributed by atoms with Crippen LogP contribution in [0.1, 0.15) is 39.6 Å². The van der Waals surface area contributed by atoms with Crippen molar-refractivity contribution in [2.24, 2.45) is 5.92 Å². The van der Waals surface area contributed by atoms with Crippen LogP contribution in [0.25, 0.3) is 0 Å². The highest BCUT2D eigenvalue weighted by molar-refractivity contribution is 7.13. The summed E-state index contributed by atoms with van der Waals surface area (Å²) < 4.78 is 5.50. The predicted octanol–water partition coefficient (Wildman–Crippen LogP) is 2.46. The van der Waals surface area contributed by atoms with Crippen molar-refractivity contribution in [3.8, 4) is 5.19 Å². The van der Waals surface area contributed by atoms with Crippen molar-refractivity contribution < 1.29 is 4.74 Å². The third kappa shape index (κ3) is 5.42. The van der Waals surface area contributed by atoms with E-state index in [2.05, 4.69) is 50.1 Å². The average molecular weight is 243 g/mol. The molecule has 0 spiro atoms. The monoisotopic (exact) mass is 243 g/mol. The zero-order valence-electron chi connectivity index (χ0n) is 10.7. The molecule has 0 bridgehead atoms. The van der Waals surface area contributed by atoms with Crippen molar-refractivity contribution in [2.45, 2.75) is 46.7 Å². The first-order valence-corrected chi connectivity index (χ1v) is 6.38. The van der Waals surface area contributed by atoms with E-state index in [1.165, 1.54) is 11.3 Å². The van der Waals surface area contributed by atoms with Gasteiger partial charge in [0, 0.05) is 5.54 Å². The molecule has 0 aliphatic carbocycles. The maximum absolute atomic E-state index is 5.50. The highest BCUT2D eigenvalue weighted by atomic mass is 32.1. The Hall–Kier alpha value is -0.680. The zero-order chi connectivity index (χ0) is 12.2. The highest BCUT2D eigenvalue weighted by Gasteiger charge is 2.11. The van der Waals surface area contributed by atoms with Crippen molar-refractivity contribution in [2.75, 3.05) is 6.61 Å². The Kier molecular flexibility index (Phi) is 4.68. The molecule has 1 rings (SSSR count). The number of hydrogen-bond acceptors (Lipinski definition) is 5. The van der Waals surface area contributed by atoms with E-state index in [4.69, 9.17) is 4.74 Å². The molecule has 0 unspecified atom stereocenters. The maximum atomic E-state index is 5.50. The minimum Gasteiger partial charge on any atom is -0.469 e. The van der Waals surface area contributed by atoms with Gasteiger partial charge in [-0.25, -0.2) is 0 Å². The molecule has 1 aromatic heterocycles. The summed E-state index contributed by atoms with van der Waals surface area (Å²) in [7, 11) is 0. The van der Waals surface area contributed by atoms with Crippen LogP contribution in [0.4, 0.5) is 0 Å². The molecule has 1 N–H and O–H groups in total. The van der Waals surface area contributed by atoms with E-state index in [-0.39, 0.29) is 5.54 Å². The molecule has 0 fully saturated rings. The van der Waals surface area contributed by atoms with Gasteiger partial charge in [0.2, 0.25) is 0 Å². The molecular weight excluding hydrogens is 222 g/mol. The van der Waals surface area contributed by atoms with Gasteiger partial charge in [-0.1, -0.05) is 25.2 Å². The van der Waals surface area contributed by atoms with Crippen molar-refractivity contribution in [1.29, 1.82) is 0 Å². The highest BCUT2D eigenvalue weighted by Crippen LogP contribution is 2.18. The molecule has 4 nitrogen and oxygen atoms in total. The third-order valence-corrected chi connectivity index (χ3v) is 2.59. The molecule has 0 aliphatic heterocycles. The predicted molar refractivity (Wildman–Crippen MR) is 66.8 cm³/mol. The quantitative estimate of drug-likeness (QED) is 0.863. The average Bonchev–Trinajstić information content (AvgIpc) is 2.58. The van der Waals surface area contributed by atoms with Crippen molar-refractivity contribution in [3.63, 3.8) is 0 Å². The summed E-state index contributed by atoms with van der Waals surface area (Å²) >= 11 is 1.51. The Morgan fingerprint density at radius 1 is 1.31 bits per heavy atom. The minimum atomic E-state index is 0.102.